The van der Waals surface area contributed by atoms with Crippen molar-refractivity contribution in [2.24, 2.45) is 0 Å². The first-order valence-electron chi connectivity index (χ1n) is 8.81. The Hall–Kier alpha value is -3.79. The number of aromatic hydroxyl groups is 1. The van der Waals surface area contributed by atoms with Crippen molar-refractivity contribution in [2.45, 2.75) is 0 Å². The van der Waals surface area contributed by atoms with E-state index in [1.807, 2.05) is 66.7 Å². The van der Waals surface area contributed by atoms with Gasteiger partial charge in [0, 0.05) is 11.1 Å². The zero-order chi connectivity index (χ0) is 18.2. The maximum atomic E-state index is 10.0. The van der Waals surface area contributed by atoms with E-state index in [-0.39, 0.29) is 5.75 Å². The highest BCUT2D eigenvalue weighted by molar-refractivity contribution is 5.99. The van der Waals surface area contributed by atoms with Crippen molar-refractivity contribution in [3.8, 4) is 5.75 Å². The first-order chi connectivity index (χ1) is 13.3. The Balaban J connectivity index is 1.80. The van der Waals surface area contributed by atoms with Crippen molar-refractivity contribution in [1.82, 2.24) is 9.97 Å². The normalized spacial score (nSPS) is 11.1. The first-order valence-corrected chi connectivity index (χ1v) is 8.81. The fourth-order valence-corrected chi connectivity index (χ4v) is 3.44. The monoisotopic (exact) mass is 351 g/mol. The summed E-state index contributed by atoms with van der Waals surface area (Å²) in [5, 5.41) is 12.1. The van der Waals surface area contributed by atoms with Gasteiger partial charge in [0.1, 0.15) is 5.75 Å². The number of fused-ring (bicyclic) bond motifs is 2. The molecule has 0 aliphatic rings. The lowest BCUT2D eigenvalue weighted by molar-refractivity contribution is 0.476. The first kappa shape index (κ1) is 15.5. The Bertz CT molecular complexity index is 1210. The van der Waals surface area contributed by atoms with Crippen LogP contribution in [0.25, 0.3) is 21.8 Å². The summed E-state index contributed by atoms with van der Waals surface area (Å²) in [6, 6.07) is 29.6. The van der Waals surface area contributed by atoms with E-state index in [1.165, 1.54) is 0 Å². The molecule has 0 saturated carbocycles. The van der Waals surface area contributed by atoms with Crippen LogP contribution >= 0.6 is 0 Å². The highest BCUT2D eigenvalue weighted by Gasteiger charge is 2.18. The number of phenolic OH excluding ortho intramolecular Hbond substituents is 1. The summed E-state index contributed by atoms with van der Waals surface area (Å²) in [6.07, 6.45) is 0. The van der Waals surface area contributed by atoms with Crippen LogP contribution in [0.5, 0.6) is 5.75 Å². The smallest absolute Gasteiger partial charge is 0.213 e. The second-order valence-electron chi connectivity index (χ2n) is 6.43. The Labute approximate surface area is 156 Å². The summed E-state index contributed by atoms with van der Waals surface area (Å²) < 4.78 is 0. The van der Waals surface area contributed by atoms with Gasteiger partial charge in [-0.05, 0) is 47.9 Å². The highest BCUT2D eigenvalue weighted by atomic mass is 16.3. The molecule has 0 fully saturated rings. The van der Waals surface area contributed by atoms with E-state index in [0.29, 0.717) is 0 Å². The van der Waals surface area contributed by atoms with Crippen LogP contribution in [0.1, 0.15) is 0 Å². The molecule has 0 bridgehead atoms. The maximum Gasteiger partial charge on any atom is 0.213 e. The second kappa shape index (κ2) is 6.18. The number of aromatic amines is 1. The van der Waals surface area contributed by atoms with Gasteiger partial charge < -0.3 is 10.1 Å². The number of phenols is 1. The molecule has 5 rings (SSSR count). The fraction of sp³-hybridized carbons (Fsp3) is 0. The Morgan fingerprint density at radius 1 is 0.778 bits per heavy atom. The van der Waals surface area contributed by atoms with E-state index >= 15 is 0 Å². The van der Waals surface area contributed by atoms with Gasteiger partial charge in [-0.3, -0.25) is 4.90 Å². The minimum atomic E-state index is 0.243. The van der Waals surface area contributed by atoms with Crippen LogP contribution in [0.4, 0.5) is 17.3 Å². The molecule has 2 N–H and O–H groups in total. The lowest BCUT2D eigenvalue weighted by Gasteiger charge is -2.24. The second-order valence-corrected chi connectivity index (χ2v) is 6.43. The summed E-state index contributed by atoms with van der Waals surface area (Å²) in [6.45, 7) is 0. The summed E-state index contributed by atoms with van der Waals surface area (Å²) in [7, 11) is 0. The van der Waals surface area contributed by atoms with Gasteiger partial charge in [0.25, 0.3) is 0 Å². The van der Waals surface area contributed by atoms with Crippen LogP contribution < -0.4 is 4.90 Å². The number of H-pyrrole nitrogens is 1. The zero-order valence-electron chi connectivity index (χ0n) is 14.5. The molecule has 5 aromatic rings. The summed E-state index contributed by atoms with van der Waals surface area (Å²) in [5.74, 6) is 0.978. The maximum absolute atomic E-state index is 10.0. The summed E-state index contributed by atoms with van der Waals surface area (Å²) in [5.41, 5.74) is 3.84. The quantitative estimate of drug-likeness (QED) is 0.426. The van der Waals surface area contributed by atoms with Gasteiger partial charge in [-0.1, -0.05) is 48.5 Å². The molecule has 4 nitrogen and oxygen atoms in total. The molecule has 1 aromatic heterocycles. The Kier molecular flexibility index (Phi) is 3.54. The number of anilines is 3. The molecule has 27 heavy (non-hydrogen) atoms. The molecule has 0 aliphatic carbocycles. The number of para-hydroxylation sites is 3. The molecular weight excluding hydrogens is 334 g/mol. The number of nitrogens with zero attached hydrogens (tertiary/aromatic N) is 2. The minimum Gasteiger partial charge on any atom is -0.508 e. The molecule has 0 radical (unpaired) electrons. The van der Waals surface area contributed by atoms with Crippen molar-refractivity contribution < 1.29 is 5.11 Å². The molecule has 4 heteroatoms. The SMILES string of the molecule is Oc1ccc2cccc(N(c3ccccc3)c3nc4ccccc4[nH]3)c2c1. The molecular formula is C23H17N3O. The third-order valence-electron chi connectivity index (χ3n) is 4.69. The lowest BCUT2D eigenvalue weighted by atomic mass is 10.1. The average molecular weight is 351 g/mol. The van der Waals surface area contributed by atoms with Gasteiger partial charge >= 0.3 is 0 Å². The van der Waals surface area contributed by atoms with Gasteiger partial charge in [-0.25, -0.2) is 4.98 Å². The molecule has 0 spiro atoms. The number of hydrogen-bond acceptors (Lipinski definition) is 3. The number of imidazole rings is 1. The Morgan fingerprint density at radius 3 is 2.44 bits per heavy atom. The molecule has 0 amide bonds. The van der Waals surface area contributed by atoms with E-state index in [4.69, 9.17) is 4.98 Å². The summed E-state index contributed by atoms with van der Waals surface area (Å²) in [4.78, 5) is 10.3. The predicted octanol–water partition coefficient (Wildman–Crippen LogP) is 5.89. The van der Waals surface area contributed by atoms with Crippen LogP contribution in [-0.4, -0.2) is 15.1 Å². The van der Waals surface area contributed by atoms with Crippen molar-refractivity contribution in [1.29, 1.82) is 0 Å². The topological polar surface area (TPSA) is 52.1 Å². The molecule has 4 aromatic carbocycles. The van der Waals surface area contributed by atoms with E-state index < -0.39 is 0 Å². The van der Waals surface area contributed by atoms with Crippen molar-refractivity contribution in [3.05, 3.63) is 91.0 Å². The lowest BCUT2D eigenvalue weighted by Crippen LogP contribution is -2.11. The van der Waals surface area contributed by atoms with Gasteiger partial charge in [0.2, 0.25) is 5.95 Å². The third-order valence-corrected chi connectivity index (χ3v) is 4.69. The minimum absolute atomic E-state index is 0.243. The van der Waals surface area contributed by atoms with Crippen molar-refractivity contribution in [3.63, 3.8) is 0 Å². The standard InChI is InChI=1S/C23H17N3O/c27-18-14-13-16-7-6-12-22(19(16)15-18)26(17-8-2-1-3-9-17)23-24-20-10-4-5-11-21(20)25-23/h1-15,27H,(H,24,25). The molecule has 0 atom stereocenters. The number of hydrogen-bond donors (Lipinski definition) is 2. The van der Waals surface area contributed by atoms with Crippen LogP contribution in [0.2, 0.25) is 0 Å². The molecule has 0 aliphatic heterocycles. The number of rotatable bonds is 3. The van der Waals surface area contributed by atoms with E-state index in [1.54, 1.807) is 12.1 Å². The molecule has 1 heterocycles. The average Bonchev–Trinajstić information content (AvgIpc) is 3.13. The van der Waals surface area contributed by atoms with Gasteiger partial charge in [-0.2, -0.15) is 0 Å². The number of nitrogens with one attached hydrogen (secondary N) is 1. The zero-order valence-corrected chi connectivity index (χ0v) is 14.5. The van der Waals surface area contributed by atoms with E-state index in [0.717, 1.165) is 39.1 Å². The van der Waals surface area contributed by atoms with Gasteiger partial charge in [0.05, 0.1) is 16.7 Å². The third kappa shape index (κ3) is 2.68. The van der Waals surface area contributed by atoms with E-state index in [9.17, 15) is 5.11 Å². The largest absolute Gasteiger partial charge is 0.508 e. The Morgan fingerprint density at radius 2 is 1.59 bits per heavy atom. The molecule has 0 saturated heterocycles. The molecule has 0 unspecified atom stereocenters. The van der Waals surface area contributed by atoms with Crippen LogP contribution in [0, 0.1) is 0 Å². The number of aromatic nitrogens is 2. The highest BCUT2D eigenvalue weighted by Crippen LogP contribution is 2.38. The fourth-order valence-electron chi connectivity index (χ4n) is 3.44. The summed E-state index contributed by atoms with van der Waals surface area (Å²) >= 11 is 0. The number of benzene rings is 4. The van der Waals surface area contributed by atoms with Gasteiger partial charge in [0.15, 0.2) is 0 Å². The predicted molar refractivity (Wildman–Crippen MR) is 110 cm³/mol. The van der Waals surface area contributed by atoms with E-state index in [2.05, 4.69) is 22.0 Å². The van der Waals surface area contributed by atoms with Crippen molar-refractivity contribution in [2.75, 3.05) is 4.90 Å². The van der Waals surface area contributed by atoms with Crippen LogP contribution in [0.15, 0.2) is 91.0 Å². The van der Waals surface area contributed by atoms with Crippen LogP contribution in [0.3, 0.4) is 0 Å². The molecule has 130 valence electrons. The van der Waals surface area contributed by atoms with Crippen molar-refractivity contribution >= 4 is 39.1 Å². The van der Waals surface area contributed by atoms with Gasteiger partial charge in [-0.15, -0.1) is 0 Å². The van der Waals surface area contributed by atoms with Crippen LogP contribution in [-0.2, 0) is 0 Å².